The Labute approximate surface area is 192 Å². The van der Waals surface area contributed by atoms with Crippen molar-refractivity contribution in [3.05, 3.63) is 95.1 Å². The van der Waals surface area contributed by atoms with Crippen molar-refractivity contribution in [1.82, 2.24) is 4.90 Å². The third-order valence-corrected chi connectivity index (χ3v) is 6.32. The lowest BCUT2D eigenvalue weighted by atomic mass is 10.1. The first-order chi connectivity index (χ1) is 16.0. The molecule has 0 saturated carbocycles. The van der Waals surface area contributed by atoms with Gasteiger partial charge in [0, 0.05) is 17.8 Å². The molecular weight excluding hydrogens is 414 g/mol. The van der Waals surface area contributed by atoms with Crippen LogP contribution in [0.15, 0.2) is 72.8 Å². The van der Waals surface area contributed by atoms with E-state index in [1.807, 2.05) is 61.5 Å². The molecule has 0 aliphatic carbocycles. The summed E-state index contributed by atoms with van der Waals surface area (Å²) in [5.74, 6) is -0.310. The van der Waals surface area contributed by atoms with Crippen LogP contribution in [0.5, 0.6) is 0 Å². The van der Waals surface area contributed by atoms with Crippen LogP contribution in [0.4, 0.5) is 11.4 Å². The Hall–Kier alpha value is -3.93. The molecule has 6 heteroatoms. The number of carbonyl (C=O) groups excluding carboxylic acids is 3. The van der Waals surface area contributed by atoms with Crippen LogP contribution in [0.25, 0.3) is 0 Å². The van der Waals surface area contributed by atoms with Gasteiger partial charge in [-0.2, -0.15) is 0 Å². The summed E-state index contributed by atoms with van der Waals surface area (Å²) in [6.07, 6.45) is 1.52. The summed E-state index contributed by atoms with van der Waals surface area (Å²) < 4.78 is 0. The van der Waals surface area contributed by atoms with Gasteiger partial charge in [0.1, 0.15) is 6.04 Å². The molecule has 2 aliphatic heterocycles. The van der Waals surface area contributed by atoms with Gasteiger partial charge in [-0.15, -0.1) is 0 Å². The summed E-state index contributed by atoms with van der Waals surface area (Å²) in [6.45, 7) is 2.93. The number of aryl methyl sites for hydroxylation is 1. The minimum Gasteiger partial charge on any atom is -0.327 e. The number of nitrogens with zero attached hydrogens (tertiary/aromatic N) is 2. The summed E-state index contributed by atoms with van der Waals surface area (Å²) in [5, 5.41) is 2.91. The number of amides is 3. The lowest BCUT2D eigenvalue weighted by Crippen LogP contribution is -2.44. The van der Waals surface area contributed by atoms with Crippen molar-refractivity contribution >= 4 is 29.1 Å². The van der Waals surface area contributed by atoms with Gasteiger partial charge >= 0.3 is 0 Å². The normalized spacial score (nSPS) is 17.4. The van der Waals surface area contributed by atoms with Crippen LogP contribution in [-0.2, 0) is 11.3 Å². The van der Waals surface area contributed by atoms with Gasteiger partial charge < -0.3 is 15.1 Å². The summed E-state index contributed by atoms with van der Waals surface area (Å²) in [5.41, 5.74) is 4.46. The summed E-state index contributed by atoms with van der Waals surface area (Å²) in [6, 6.07) is 21.8. The van der Waals surface area contributed by atoms with Crippen LogP contribution < -0.4 is 10.2 Å². The topological polar surface area (TPSA) is 69.7 Å². The van der Waals surface area contributed by atoms with Crippen LogP contribution in [-0.4, -0.2) is 35.2 Å². The maximum Gasteiger partial charge on any atom is 0.256 e. The molecule has 1 atom stereocenters. The zero-order valence-electron chi connectivity index (χ0n) is 18.5. The third kappa shape index (κ3) is 4.00. The standard InChI is InChI=1S/C27H25N3O3/c1-18-6-4-7-21(16-18)28-25(31)20-13-11-19(12-14-20)17-30-23-9-3-2-8-22(23)26(32)29-15-5-10-24(29)27(30)33/h2-4,6-9,11-14,16,24H,5,10,15,17H2,1H3,(H,28,31). The molecule has 1 N–H and O–H groups in total. The van der Waals surface area contributed by atoms with Gasteiger partial charge in [0.2, 0.25) is 5.91 Å². The van der Waals surface area contributed by atoms with E-state index in [4.69, 9.17) is 0 Å². The lowest BCUT2D eigenvalue weighted by Gasteiger charge is -2.26. The smallest absolute Gasteiger partial charge is 0.256 e. The monoisotopic (exact) mass is 439 g/mol. The molecule has 2 aliphatic rings. The highest BCUT2D eigenvalue weighted by Crippen LogP contribution is 2.33. The minimum atomic E-state index is -0.413. The first-order valence-electron chi connectivity index (χ1n) is 11.2. The van der Waals surface area contributed by atoms with Gasteiger partial charge in [0.15, 0.2) is 0 Å². The van der Waals surface area contributed by atoms with Gasteiger partial charge in [-0.25, -0.2) is 0 Å². The third-order valence-electron chi connectivity index (χ3n) is 6.32. The predicted octanol–water partition coefficient (Wildman–Crippen LogP) is 4.40. The van der Waals surface area contributed by atoms with E-state index >= 15 is 0 Å². The van der Waals surface area contributed by atoms with Gasteiger partial charge in [-0.1, -0.05) is 36.4 Å². The largest absolute Gasteiger partial charge is 0.327 e. The number of benzene rings is 3. The Morgan fingerprint density at radius 1 is 1.00 bits per heavy atom. The van der Waals surface area contributed by atoms with E-state index in [-0.39, 0.29) is 17.7 Å². The Bertz CT molecular complexity index is 1240. The van der Waals surface area contributed by atoms with Crippen molar-refractivity contribution in [1.29, 1.82) is 0 Å². The number of fused-ring (bicyclic) bond motifs is 2. The highest BCUT2D eigenvalue weighted by molar-refractivity contribution is 6.11. The van der Waals surface area contributed by atoms with E-state index < -0.39 is 6.04 Å². The number of rotatable bonds is 4. The highest BCUT2D eigenvalue weighted by atomic mass is 16.2. The zero-order chi connectivity index (χ0) is 22.9. The number of nitrogens with one attached hydrogen (secondary N) is 1. The van der Waals surface area contributed by atoms with Gasteiger partial charge in [-0.05, 0) is 67.3 Å². The van der Waals surface area contributed by atoms with E-state index in [1.165, 1.54) is 0 Å². The molecule has 0 bridgehead atoms. The van der Waals surface area contributed by atoms with Crippen molar-refractivity contribution in [3.8, 4) is 0 Å². The molecule has 0 radical (unpaired) electrons. The molecule has 3 aromatic carbocycles. The fourth-order valence-electron chi connectivity index (χ4n) is 4.64. The van der Waals surface area contributed by atoms with Crippen LogP contribution >= 0.6 is 0 Å². The molecule has 2 heterocycles. The number of hydrogen-bond acceptors (Lipinski definition) is 3. The maximum absolute atomic E-state index is 13.4. The van der Waals surface area contributed by atoms with E-state index in [9.17, 15) is 14.4 Å². The predicted molar refractivity (Wildman–Crippen MR) is 127 cm³/mol. The fourth-order valence-corrected chi connectivity index (χ4v) is 4.64. The molecule has 0 aromatic heterocycles. The highest BCUT2D eigenvalue weighted by Gasteiger charge is 2.41. The molecule has 6 nitrogen and oxygen atoms in total. The van der Waals surface area contributed by atoms with Crippen molar-refractivity contribution in [2.75, 3.05) is 16.8 Å². The van der Waals surface area contributed by atoms with Crippen LogP contribution in [0.3, 0.4) is 0 Å². The van der Waals surface area contributed by atoms with Crippen molar-refractivity contribution in [2.24, 2.45) is 0 Å². The Kier molecular flexibility index (Phi) is 5.42. The molecule has 3 amide bonds. The van der Waals surface area contributed by atoms with E-state index in [0.29, 0.717) is 36.3 Å². The molecule has 3 aromatic rings. The second-order valence-electron chi connectivity index (χ2n) is 8.62. The quantitative estimate of drug-likeness (QED) is 0.655. The fraction of sp³-hybridized carbons (Fsp3) is 0.222. The number of carbonyl (C=O) groups is 3. The summed E-state index contributed by atoms with van der Waals surface area (Å²) in [7, 11) is 0. The van der Waals surface area contributed by atoms with E-state index in [2.05, 4.69) is 5.32 Å². The molecular formula is C27H25N3O3. The first-order valence-corrected chi connectivity index (χ1v) is 11.2. The summed E-state index contributed by atoms with van der Waals surface area (Å²) >= 11 is 0. The molecule has 1 fully saturated rings. The lowest BCUT2D eigenvalue weighted by molar-refractivity contribution is -0.122. The van der Waals surface area contributed by atoms with E-state index in [1.54, 1.807) is 28.0 Å². The Morgan fingerprint density at radius 2 is 1.79 bits per heavy atom. The van der Waals surface area contributed by atoms with Gasteiger partial charge in [-0.3, -0.25) is 14.4 Å². The van der Waals surface area contributed by atoms with Crippen molar-refractivity contribution in [3.63, 3.8) is 0 Å². The van der Waals surface area contributed by atoms with Crippen LogP contribution in [0, 0.1) is 6.92 Å². The second-order valence-corrected chi connectivity index (χ2v) is 8.62. The van der Waals surface area contributed by atoms with Crippen molar-refractivity contribution in [2.45, 2.75) is 32.4 Å². The molecule has 1 saturated heterocycles. The average molecular weight is 440 g/mol. The molecule has 166 valence electrons. The molecule has 1 unspecified atom stereocenters. The molecule has 0 spiro atoms. The van der Waals surface area contributed by atoms with Gasteiger partial charge in [0.05, 0.1) is 17.8 Å². The first kappa shape index (κ1) is 20.9. The molecule has 33 heavy (non-hydrogen) atoms. The number of anilines is 2. The minimum absolute atomic E-state index is 0.0490. The maximum atomic E-state index is 13.4. The molecule has 5 rings (SSSR count). The zero-order valence-corrected chi connectivity index (χ0v) is 18.5. The van der Waals surface area contributed by atoms with E-state index in [0.717, 1.165) is 23.2 Å². The average Bonchev–Trinajstić information content (AvgIpc) is 3.29. The SMILES string of the molecule is Cc1cccc(NC(=O)c2ccc(CN3C(=O)C4CCCN4C(=O)c4ccccc43)cc2)c1. The second kappa shape index (κ2) is 8.54. The van der Waals surface area contributed by atoms with Crippen LogP contribution in [0.1, 0.15) is 44.7 Å². The van der Waals surface area contributed by atoms with Crippen molar-refractivity contribution < 1.29 is 14.4 Å². The Balaban J connectivity index is 1.38. The van der Waals surface area contributed by atoms with Gasteiger partial charge in [0.25, 0.3) is 11.8 Å². The Morgan fingerprint density at radius 3 is 2.58 bits per heavy atom. The number of hydrogen-bond donors (Lipinski definition) is 1. The summed E-state index contributed by atoms with van der Waals surface area (Å²) in [4.78, 5) is 42.5. The van der Waals surface area contributed by atoms with Crippen LogP contribution in [0.2, 0.25) is 0 Å². The number of para-hydroxylation sites is 1.